The highest BCUT2D eigenvalue weighted by Gasteiger charge is 2.60. The summed E-state index contributed by atoms with van der Waals surface area (Å²) in [4.78, 5) is 87.0. The van der Waals surface area contributed by atoms with E-state index in [9.17, 15) is 49.5 Å². The van der Waals surface area contributed by atoms with E-state index in [0.717, 1.165) is 33.4 Å². The summed E-state index contributed by atoms with van der Waals surface area (Å²) in [7, 11) is 10.2. The number of amides is 4. The van der Waals surface area contributed by atoms with E-state index >= 15 is 0 Å². The van der Waals surface area contributed by atoms with Crippen molar-refractivity contribution in [1.29, 1.82) is 10.5 Å². The van der Waals surface area contributed by atoms with Gasteiger partial charge in [-0.2, -0.15) is 10.5 Å². The number of allylic oxidation sites excluding steroid dienone is 2. The lowest BCUT2D eigenvalue weighted by molar-refractivity contribution is -0.134. The number of benzene rings is 3. The van der Waals surface area contributed by atoms with E-state index in [2.05, 4.69) is 54.2 Å². The number of rotatable bonds is 16. The minimum atomic E-state index is -1.01. The number of carbonyl (C=O) groups is 6. The van der Waals surface area contributed by atoms with Gasteiger partial charge in [-0.1, -0.05) is 12.1 Å². The average molecular weight is 1370 g/mol. The summed E-state index contributed by atoms with van der Waals surface area (Å²) < 4.78 is 57.2. The average Bonchev–Trinajstić information content (AvgIpc) is 1.13. The normalized spacial score (nSPS) is 25.0. The van der Waals surface area contributed by atoms with Crippen molar-refractivity contribution in [3.63, 3.8) is 0 Å². The summed E-state index contributed by atoms with van der Waals surface area (Å²) >= 11 is 0. The number of nitrogens with one attached hydrogen (secondary N) is 4. The highest BCUT2D eigenvalue weighted by Crippen LogP contribution is 2.59. The van der Waals surface area contributed by atoms with Crippen molar-refractivity contribution in [2.45, 2.75) is 192 Å². The molecule has 1 aliphatic carbocycles. The van der Waals surface area contributed by atoms with Gasteiger partial charge in [-0.3, -0.25) is 38.8 Å². The number of aryl methyl sites for hydroxylation is 2. The van der Waals surface area contributed by atoms with Gasteiger partial charge in [0.25, 0.3) is 0 Å². The molecule has 6 N–H and O–H groups in total. The van der Waals surface area contributed by atoms with Crippen LogP contribution in [0.3, 0.4) is 0 Å². The van der Waals surface area contributed by atoms with Gasteiger partial charge in [0, 0.05) is 96.0 Å². The molecule has 8 aliphatic rings. The van der Waals surface area contributed by atoms with Crippen molar-refractivity contribution < 1.29 is 86.3 Å². The maximum Gasteiger partial charge on any atom is 0.408 e. The van der Waals surface area contributed by atoms with Gasteiger partial charge in [0.15, 0.2) is 48.1 Å². The molecular formula is C71H92N10O18. The molecule has 0 radical (unpaired) electrons. The van der Waals surface area contributed by atoms with Gasteiger partial charge in [0.2, 0.25) is 30.2 Å². The van der Waals surface area contributed by atoms with E-state index in [1.807, 2.05) is 38.9 Å². The molecule has 12 atom stereocenters. The Morgan fingerprint density at radius 1 is 0.626 bits per heavy atom. The summed E-state index contributed by atoms with van der Waals surface area (Å²) in [5.74, 6) is 0.359. The number of ketones is 2. The first-order valence-electron chi connectivity index (χ1n) is 33.1. The molecule has 0 saturated carbocycles. The van der Waals surface area contributed by atoms with E-state index in [-0.39, 0.29) is 86.7 Å². The van der Waals surface area contributed by atoms with Crippen LogP contribution in [0.1, 0.15) is 137 Å². The Morgan fingerprint density at radius 3 is 1.52 bits per heavy atom. The number of phenolic OH excluding ortho intramolecular Hbond substituents is 1. The summed E-state index contributed by atoms with van der Waals surface area (Å²) in [5, 5.41) is 55.7. The molecule has 7 heterocycles. The number of hydrogen-bond donors (Lipinski definition) is 6. The number of phenols is 1. The Kier molecular flexibility index (Phi) is 20.9. The molecular weight excluding hydrogens is 1280 g/mol. The number of nitrogens with zero attached hydrogens (tertiary/aromatic N) is 6. The second-order valence-electron chi connectivity index (χ2n) is 28.4. The molecule has 534 valence electrons. The van der Waals surface area contributed by atoms with Gasteiger partial charge in [0.1, 0.15) is 46.9 Å². The van der Waals surface area contributed by atoms with E-state index in [1.165, 1.54) is 21.0 Å². The van der Waals surface area contributed by atoms with Crippen LogP contribution in [-0.4, -0.2) is 207 Å². The Labute approximate surface area is 576 Å². The van der Waals surface area contributed by atoms with E-state index in [1.54, 1.807) is 76.7 Å². The molecule has 4 bridgehead atoms. The van der Waals surface area contributed by atoms with Crippen molar-refractivity contribution in [1.82, 2.24) is 40.9 Å². The lowest BCUT2D eigenvalue weighted by Crippen LogP contribution is -2.71. The number of alkyl carbamates (subject to hydrolysis) is 2. The number of likely N-dealkylation sites (N-methyl/N-ethyl adjacent to an activating group) is 2. The molecule has 99 heavy (non-hydrogen) atoms. The first-order valence-corrected chi connectivity index (χ1v) is 33.1. The smallest absolute Gasteiger partial charge is 0.408 e. The van der Waals surface area contributed by atoms with Crippen LogP contribution in [0.4, 0.5) is 9.59 Å². The Morgan fingerprint density at radius 2 is 1.07 bits per heavy atom. The topological polar surface area (TPSA) is 344 Å². The van der Waals surface area contributed by atoms with Crippen molar-refractivity contribution in [2.75, 3.05) is 76.0 Å². The van der Waals surface area contributed by atoms with Crippen LogP contribution in [0.25, 0.3) is 0 Å². The molecule has 7 aliphatic heterocycles. The van der Waals surface area contributed by atoms with E-state index < -0.39 is 95.1 Å². The Hall–Kier alpha value is -8.90. The van der Waals surface area contributed by atoms with Crippen LogP contribution in [-0.2, 0) is 57.4 Å². The van der Waals surface area contributed by atoms with Gasteiger partial charge < -0.3 is 78.8 Å². The van der Waals surface area contributed by atoms with Crippen LogP contribution < -0.4 is 49.7 Å². The number of hydrogen-bond acceptors (Lipinski definition) is 24. The number of methoxy groups -OCH3 is 4. The van der Waals surface area contributed by atoms with Crippen molar-refractivity contribution >= 4 is 35.6 Å². The Bertz CT molecular complexity index is 3920. The zero-order chi connectivity index (χ0) is 72.3. The fourth-order valence-corrected chi connectivity index (χ4v) is 15.9. The molecule has 2 saturated heterocycles. The molecule has 4 amide bonds. The summed E-state index contributed by atoms with van der Waals surface area (Å²) in [6.07, 6.45) is 0.0636. The van der Waals surface area contributed by atoms with Crippen molar-refractivity contribution in [3.05, 3.63) is 84.7 Å². The lowest BCUT2D eigenvalue weighted by Gasteiger charge is -2.60. The summed E-state index contributed by atoms with van der Waals surface area (Å²) in [5.41, 5.74) is 6.28. The highest BCUT2D eigenvalue weighted by atomic mass is 16.7. The first-order chi connectivity index (χ1) is 46.8. The standard InChI is InChI=1S/C36H47N5O9.C35H45N5O9/c1-17-10-20-11-22-24(13-37)41-23(28(40(22)7)26(20)32(30(17)46-9)47-15-45-8)12-21-27(33-31(48-16-49-33)18(2)29(21)42)25(41)14-38-34(43)19(3)39-35(44)50-36(4,5)6;1-16-10-19-11-21-23(13-36)40-22(27(39(21)7)25(19)32(31(16)47-9)48-15-46-8)12-20-26(30(43)29(42)17(2)28(20)41)24(40)14-37-33(44)18(3)38-34(45)49-35(4,5)6/h10,19,22-25,28,42H,11-12,14-16H2,1-9H3,(H,38,43)(H,39,44);10,18,21-24,27,41H,11-12,14-15H2,1-9H3,(H,37,44)(H,38,45)/t19-,22-,23?,24-,25-,28-;18-,21+,22?,23+,24+,27+/m01/s1. The number of nitriles is 2. The first kappa shape index (κ1) is 72.8. The SMILES string of the molecule is COCOc1c(OC)c(C)cc2c1[C@@H]1C3CC4=C(C(=O)C(=O)C(C)=C4O)[C@H](CNC(=O)[C@@H](C)NC(=O)OC(C)(C)C)N3[C@@H](C#N)[C@H](C2)N1C.COCOc1c(OC)c(C)cc2c1[C@@H]1C3Cc4c(O)c(C)c5c(c4[C@H](CNC(=O)[C@H](C)NC(=O)OC(C)(C)C)N3[C@@H](C#N)[C@H](C2)N1C)OCO5. The number of aromatic hydroxyl groups is 1. The molecule has 0 spiro atoms. The molecule has 28 heteroatoms. The molecule has 11 rings (SSSR count). The number of carbonyl (C=O) groups excluding carboxylic acids is 6. The number of piperazine rings is 2. The van der Waals surface area contributed by atoms with Gasteiger partial charge in [-0.15, -0.1) is 0 Å². The molecule has 28 nitrogen and oxygen atoms in total. The Balaban J connectivity index is 0.000000214. The summed E-state index contributed by atoms with van der Waals surface area (Å²) in [6, 6.07) is 2.23. The fourth-order valence-electron chi connectivity index (χ4n) is 15.9. The third-order valence-electron chi connectivity index (χ3n) is 20.0. The fraction of sp³-hybridized carbons (Fsp3) is 0.577. The predicted molar refractivity (Wildman–Crippen MR) is 356 cm³/mol. The van der Waals surface area contributed by atoms with Crippen LogP contribution in [0.5, 0.6) is 40.2 Å². The van der Waals surface area contributed by atoms with Crippen molar-refractivity contribution in [3.8, 4) is 52.4 Å². The zero-order valence-corrected chi connectivity index (χ0v) is 59.6. The molecule has 3 aromatic carbocycles. The minimum absolute atomic E-state index is 0.0117. The van der Waals surface area contributed by atoms with Gasteiger partial charge >= 0.3 is 12.2 Å². The van der Waals surface area contributed by atoms with E-state index in [0.29, 0.717) is 76.0 Å². The van der Waals surface area contributed by atoms with Crippen LogP contribution in [0.2, 0.25) is 0 Å². The second kappa shape index (κ2) is 28.4. The minimum Gasteiger partial charge on any atom is -0.507 e. The predicted octanol–water partition coefficient (Wildman–Crippen LogP) is 6.07. The van der Waals surface area contributed by atoms with Crippen molar-refractivity contribution in [2.24, 2.45) is 0 Å². The maximum atomic E-state index is 13.7. The van der Waals surface area contributed by atoms with Gasteiger partial charge in [-0.05, 0) is 145 Å². The van der Waals surface area contributed by atoms with Gasteiger partial charge in [0.05, 0.1) is 50.5 Å². The molecule has 2 fully saturated rings. The zero-order valence-electron chi connectivity index (χ0n) is 59.6. The largest absolute Gasteiger partial charge is 0.507 e. The molecule has 3 aromatic rings. The third-order valence-corrected chi connectivity index (χ3v) is 20.0. The molecule has 2 unspecified atom stereocenters. The lowest BCUT2D eigenvalue weighted by atomic mass is 9.70. The highest BCUT2D eigenvalue weighted by molar-refractivity contribution is 6.50. The maximum absolute atomic E-state index is 13.7. The number of aliphatic hydroxyl groups excluding tert-OH is 1. The molecule has 0 aromatic heterocycles. The number of ether oxygens (including phenoxy) is 10. The van der Waals surface area contributed by atoms with Gasteiger partial charge in [-0.25, -0.2) is 9.59 Å². The quantitative estimate of drug-likeness (QED) is 0.0538. The van der Waals surface area contributed by atoms with Crippen LogP contribution >= 0.6 is 0 Å². The third kappa shape index (κ3) is 13.3. The number of fused-ring (bicyclic) bond motifs is 15. The second-order valence-corrected chi connectivity index (χ2v) is 28.4. The van der Waals surface area contributed by atoms with Crippen LogP contribution in [0.15, 0.2) is 34.6 Å². The monoisotopic (exact) mass is 1370 g/mol. The summed E-state index contributed by atoms with van der Waals surface area (Å²) in [6.45, 7) is 20.3. The number of Topliss-reactive ketones (excluding diaryl/α,β-unsaturated/α-hetero) is 2. The van der Waals surface area contributed by atoms with Crippen LogP contribution in [0, 0.1) is 43.4 Å². The van der Waals surface area contributed by atoms with E-state index in [4.69, 9.17) is 47.4 Å². The number of aliphatic hydroxyl groups is 1.